The maximum atomic E-state index is 13.6. The van der Waals surface area contributed by atoms with E-state index in [2.05, 4.69) is 10.1 Å². The first-order valence-electron chi connectivity index (χ1n) is 11.8. The van der Waals surface area contributed by atoms with E-state index in [1.54, 1.807) is 24.3 Å². The Hall–Kier alpha value is -4.49. The van der Waals surface area contributed by atoms with Gasteiger partial charge in [-0.2, -0.15) is 5.10 Å². The molecule has 0 bridgehead atoms. The van der Waals surface area contributed by atoms with E-state index in [1.165, 1.54) is 24.6 Å². The molecule has 13 heteroatoms. The van der Waals surface area contributed by atoms with Gasteiger partial charge < -0.3 is 14.9 Å². The monoisotopic (exact) mass is 521 g/mol. The van der Waals surface area contributed by atoms with Gasteiger partial charge in [0.05, 0.1) is 47.5 Å². The third-order valence-electron chi connectivity index (χ3n) is 6.91. The molecule has 0 aliphatic carbocycles. The van der Waals surface area contributed by atoms with Crippen molar-refractivity contribution in [1.29, 1.82) is 0 Å². The summed E-state index contributed by atoms with van der Waals surface area (Å²) in [5.41, 5.74) is -2.78. The van der Waals surface area contributed by atoms with Crippen molar-refractivity contribution >= 4 is 34.7 Å². The third-order valence-corrected chi connectivity index (χ3v) is 6.91. The lowest BCUT2D eigenvalue weighted by atomic mass is 9.84. The van der Waals surface area contributed by atoms with Crippen LogP contribution in [0.3, 0.4) is 0 Å². The normalized spacial score (nSPS) is 17.7. The highest BCUT2D eigenvalue weighted by atomic mass is 16.6. The van der Waals surface area contributed by atoms with Crippen LogP contribution in [-0.2, 0) is 33.1 Å². The summed E-state index contributed by atoms with van der Waals surface area (Å²) >= 11 is 0. The molecule has 13 nitrogen and oxygen atoms in total. The molecule has 0 radical (unpaired) electrons. The predicted molar refractivity (Wildman–Crippen MR) is 133 cm³/mol. The molecule has 2 aromatic heterocycles. The van der Waals surface area contributed by atoms with Gasteiger partial charge in [-0.3, -0.25) is 24.3 Å². The number of aliphatic hydroxyl groups excluding tert-OH is 1. The van der Waals surface area contributed by atoms with Crippen molar-refractivity contribution < 1.29 is 29.5 Å². The topological polar surface area (TPSA) is 177 Å². The Morgan fingerprint density at radius 3 is 2.74 bits per heavy atom. The van der Waals surface area contributed by atoms with Gasteiger partial charge in [0.25, 0.3) is 5.56 Å². The number of para-hydroxylation sites is 1. The van der Waals surface area contributed by atoms with Crippen LogP contribution in [0.2, 0.25) is 0 Å². The van der Waals surface area contributed by atoms with Gasteiger partial charge >= 0.3 is 11.7 Å². The zero-order chi connectivity index (χ0) is 27.4. The number of rotatable bonds is 6. The van der Waals surface area contributed by atoms with E-state index in [-0.39, 0.29) is 48.6 Å². The molecule has 1 atom stereocenters. The number of pyridine rings is 2. The van der Waals surface area contributed by atoms with Crippen LogP contribution >= 0.6 is 0 Å². The number of fused-ring (bicyclic) bond motifs is 5. The number of benzene rings is 1. The average Bonchev–Trinajstić information content (AvgIpc) is 3.27. The van der Waals surface area contributed by atoms with Gasteiger partial charge in [0.15, 0.2) is 5.60 Å². The zero-order valence-electron chi connectivity index (χ0n) is 20.5. The number of aromatic nitrogens is 2. The number of ether oxygens (including phenoxy) is 1. The fourth-order valence-corrected chi connectivity index (χ4v) is 5.05. The Balaban J connectivity index is 1.85. The maximum absolute atomic E-state index is 13.6. The first kappa shape index (κ1) is 25.2. The van der Waals surface area contributed by atoms with Crippen molar-refractivity contribution in [2.45, 2.75) is 39.0 Å². The minimum atomic E-state index is -2.37. The van der Waals surface area contributed by atoms with Crippen molar-refractivity contribution in [2.75, 3.05) is 13.2 Å². The summed E-state index contributed by atoms with van der Waals surface area (Å²) in [6.07, 6.45) is 1.15. The van der Waals surface area contributed by atoms with E-state index >= 15 is 0 Å². The molecular formula is C25H23N5O8. The van der Waals surface area contributed by atoms with E-state index in [0.29, 0.717) is 22.0 Å². The van der Waals surface area contributed by atoms with E-state index in [9.17, 15) is 34.7 Å². The fourth-order valence-electron chi connectivity index (χ4n) is 5.05. The van der Waals surface area contributed by atoms with Gasteiger partial charge in [0, 0.05) is 23.4 Å². The highest BCUT2D eigenvalue weighted by Gasteiger charge is 2.52. The van der Waals surface area contributed by atoms with Gasteiger partial charge in [-0.15, -0.1) is 0 Å². The Bertz CT molecular complexity index is 1630. The second kappa shape index (κ2) is 9.11. The number of amides is 1. The molecule has 5 rings (SSSR count). The first-order chi connectivity index (χ1) is 18.1. The highest BCUT2D eigenvalue weighted by Crippen LogP contribution is 2.46. The summed E-state index contributed by atoms with van der Waals surface area (Å²) in [4.78, 5) is 54.5. The maximum Gasteiger partial charge on any atom is 0.343 e. The van der Waals surface area contributed by atoms with Crippen LogP contribution in [0.4, 0.5) is 5.69 Å². The molecule has 196 valence electrons. The number of aliphatic hydroxyl groups is 2. The lowest BCUT2D eigenvalue weighted by molar-refractivity contribution is -0.386. The van der Waals surface area contributed by atoms with Crippen molar-refractivity contribution in [2.24, 2.45) is 5.10 Å². The predicted octanol–water partition coefficient (Wildman–Crippen LogP) is 1.16. The molecule has 4 heterocycles. The molecule has 2 aliphatic heterocycles. The van der Waals surface area contributed by atoms with Gasteiger partial charge in [-0.1, -0.05) is 25.1 Å². The minimum Gasteiger partial charge on any atom is -0.458 e. The van der Waals surface area contributed by atoms with Gasteiger partial charge in [0.1, 0.15) is 18.0 Å². The number of nitro groups is 1. The minimum absolute atomic E-state index is 0.0431. The SMILES string of the molecule is CC[C@@]1(O)C(=O)OCc2c1c([N+](=O)[O-])c1n(c2=O)Cc2c-1nc1ccccc1c2/C=N/N(CCO)C(C)=O. The van der Waals surface area contributed by atoms with Crippen LogP contribution in [0.5, 0.6) is 0 Å². The van der Waals surface area contributed by atoms with Gasteiger partial charge in [-0.05, 0) is 12.5 Å². The summed E-state index contributed by atoms with van der Waals surface area (Å²) < 4.78 is 6.23. The Kier molecular flexibility index (Phi) is 6.04. The van der Waals surface area contributed by atoms with Gasteiger partial charge in [-0.25, -0.2) is 14.8 Å². The molecule has 38 heavy (non-hydrogen) atoms. The molecule has 0 saturated heterocycles. The molecule has 3 aromatic rings. The first-order valence-corrected chi connectivity index (χ1v) is 11.8. The summed E-state index contributed by atoms with van der Waals surface area (Å²) in [5.74, 6) is -1.47. The van der Waals surface area contributed by atoms with Crippen LogP contribution in [-0.4, -0.2) is 60.9 Å². The van der Waals surface area contributed by atoms with Crippen LogP contribution < -0.4 is 5.56 Å². The van der Waals surface area contributed by atoms with Crippen LogP contribution in [0.1, 0.15) is 42.5 Å². The molecule has 2 aliphatic rings. The molecule has 0 unspecified atom stereocenters. The highest BCUT2D eigenvalue weighted by molar-refractivity contribution is 6.03. The number of hydrogen-bond donors (Lipinski definition) is 2. The molecule has 0 saturated carbocycles. The average molecular weight is 521 g/mol. The largest absolute Gasteiger partial charge is 0.458 e. The van der Waals surface area contributed by atoms with Crippen molar-refractivity contribution in [3.8, 4) is 11.4 Å². The van der Waals surface area contributed by atoms with Gasteiger partial charge in [0.2, 0.25) is 5.91 Å². The zero-order valence-corrected chi connectivity index (χ0v) is 20.5. The van der Waals surface area contributed by atoms with Crippen molar-refractivity contribution in [3.05, 3.63) is 67.0 Å². The summed E-state index contributed by atoms with van der Waals surface area (Å²) in [6, 6.07) is 6.95. The lowest BCUT2D eigenvalue weighted by Gasteiger charge is -2.31. The summed E-state index contributed by atoms with van der Waals surface area (Å²) in [6.45, 7) is 1.79. The quantitative estimate of drug-likeness (QED) is 0.163. The number of hydrazone groups is 1. The smallest absolute Gasteiger partial charge is 0.343 e. The number of carbonyl (C=O) groups excluding carboxylic acids is 2. The summed E-state index contributed by atoms with van der Waals surface area (Å²) in [7, 11) is 0. The number of nitrogens with zero attached hydrogens (tertiary/aromatic N) is 5. The molecule has 2 N–H and O–H groups in total. The van der Waals surface area contributed by atoms with Crippen LogP contribution in [0.25, 0.3) is 22.3 Å². The van der Waals surface area contributed by atoms with Crippen molar-refractivity contribution in [1.82, 2.24) is 14.6 Å². The standard InChI is InChI=1S/C25H23N5O8/c1-3-25(35)19-17(12-38-24(25)34)23(33)28-11-16-15(10-26-29(8-9-31)13(2)32)14-6-4-5-7-18(14)27-20(16)22(28)21(19)30(36)37/h4-7,10,31,35H,3,8-9,11-12H2,1-2H3/b26-10+/t25-/m0/s1. The van der Waals surface area contributed by atoms with E-state index < -0.39 is 40.3 Å². The molecule has 0 fully saturated rings. The van der Waals surface area contributed by atoms with Crippen LogP contribution in [0, 0.1) is 10.1 Å². The number of hydrogen-bond acceptors (Lipinski definition) is 10. The van der Waals surface area contributed by atoms with E-state index in [0.717, 1.165) is 5.01 Å². The second-order valence-corrected chi connectivity index (χ2v) is 8.97. The second-order valence-electron chi connectivity index (χ2n) is 8.97. The fraction of sp³-hybridized carbons (Fsp3) is 0.320. The Labute approximate surface area is 214 Å². The Morgan fingerprint density at radius 1 is 1.34 bits per heavy atom. The Morgan fingerprint density at radius 2 is 2.08 bits per heavy atom. The molecule has 1 aromatic carbocycles. The third kappa shape index (κ3) is 3.58. The van der Waals surface area contributed by atoms with E-state index in [4.69, 9.17) is 4.74 Å². The molecule has 0 spiro atoms. The summed E-state index contributed by atoms with van der Waals surface area (Å²) in [5, 5.41) is 38.9. The number of esters is 1. The van der Waals surface area contributed by atoms with Crippen molar-refractivity contribution in [3.63, 3.8) is 0 Å². The van der Waals surface area contributed by atoms with E-state index in [1.807, 2.05) is 0 Å². The molecule has 1 amide bonds. The molecular weight excluding hydrogens is 498 g/mol. The number of carbonyl (C=O) groups is 2. The van der Waals surface area contributed by atoms with Crippen LogP contribution in [0.15, 0.2) is 34.2 Å². The lowest BCUT2D eigenvalue weighted by Crippen LogP contribution is -2.45. The number of cyclic esters (lactones) is 1.